The zero-order valence-corrected chi connectivity index (χ0v) is 18.3. The fourth-order valence-electron chi connectivity index (χ4n) is 5.64. The van der Waals surface area contributed by atoms with Crippen molar-refractivity contribution in [2.24, 2.45) is 11.3 Å². The van der Waals surface area contributed by atoms with E-state index in [1.165, 1.54) is 17.0 Å². The van der Waals surface area contributed by atoms with Gasteiger partial charge in [-0.3, -0.25) is 19.3 Å². The van der Waals surface area contributed by atoms with E-state index in [1.54, 1.807) is 12.1 Å². The van der Waals surface area contributed by atoms with Gasteiger partial charge < -0.3 is 4.90 Å². The first kappa shape index (κ1) is 22.1. The summed E-state index contributed by atoms with van der Waals surface area (Å²) in [7, 11) is 0. The number of ketones is 1. The van der Waals surface area contributed by atoms with E-state index in [-0.39, 0.29) is 34.7 Å². The third-order valence-corrected chi connectivity index (χ3v) is 7.51. The Hall–Kier alpha value is -2.08. The van der Waals surface area contributed by atoms with Gasteiger partial charge in [0.25, 0.3) is 0 Å². The highest BCUT2D eigenvalue weighted by atomic mass is 19.1. The van der Waals surface area contributed by atoms with Gasteiger partial charge in [0.05, 0.1) is 0 Å². The third-order valence-electron chi connectivity index (χ3n) is 7.51. The molecular formula is C25H33FN2O3. The summed E-state index contributed by atoms with van der Waals surface area (Å²) in [6.07, 6.45) is 8.86. The molecule has 0 aromatic heterocycles. The molecule has 31 heavy (non-hydrogen) atoms. The van der Waals surface area contributed by atoms with Crippen LogP contribution in [0.2, 0.25) is 0 Å². The molecule has 6 heteroatoms. The molecule has 0 atom stereocenters. The lowest BCUT2D eigenvalue weighted by Crippen LogP contribution is -2.47. The van der Waals surface area contributed by atoms with E-state index in [9.17, 15) is 18.8 Å². The molecule has 3 fully saturated rings. The molecule has 4 rings (SSSR count). The van der Waals surface area contributed by atoms with Crippen LogP contribution in [0.25, 0.3) is 0 Å². The number of nitrogens with zero attached hydrogens (tertiary/aromatic N) is 2. The van der Waals surface area contributed by atoms with Crippen LogP contribution >= 0.6 is 0 Å². The molecular weight excluding hydrogens is 395 g/mol. The number of hydrogen-bond donors (Lipinski definition) is 0. The fraction of sp³-hybridized carbons (Fsp3) is 0.640. The summed E-state index contributed by atoms with van der Waals surface area (Å²) < 4.78 is 13.1. The molecule has 2 heterocycles. The number of likely N-dealkylation sites (tertiary alicyclic amines) is 2. The summed E-state index contributed by atoms with van der Waals surface area (Å²) in [5.74, 6) is -0.149. The number of halogens is 1. The van der Waals surface area contributed by atoms with E-state index in [4.69, 9.17) is 0 Å². The third kappa shape index (κ3) is 5.22. The number of carbonyl (C=O) groups is 3. The normalized spacial score (nSPS) is 22.4. The molecule has 5 nitrogen and oxygen atoms in total. The average Bonchev–Trinajstić information content (AvgIpc) is 3.20. The molecule has 1 aromatic carbocycles. The highest BCUT2D eigenvalue weighted by molar-refractivity contribution is 5.98. The highest BCUT2D eigenvalue weighted by Crippen LogP contribution is 2.46. The SMILES string of the molecule is O=C(c1ccc(F)cc1)C1CCN(CCCCN2C(=O)CC3(CCCC3)CC2=O)CC1. The molecule has 168 valence electrons. The smallest absolute Gasteiger partial charge is 0.229 e. The van der Waals surface area contributed by atoms with Gasteiger partial charge in [-0.2, -0.15) is 0 Å². The van der Waals surface area contributed by atoms with Gasteiger partial charge in [0, 0.05) is 30.9 Å². The Morgan fingerprint density at radius 2 is 1.52 bits per heavy atom. The maximum atomic E-state index is 13.1. The van der Waals surface area contributed by atoms with E-state index < -0.39 is 0 Å². The second-order valence-electron chi connectivity index (χ2n) is 9.69. The van der Waals surface area contributed by atoms with Crippen LogP contribution in [0.4, 0.5) is 4.39 Å². The Morgan fingerprint density at radius 3 is 2.13 bits per heavy atom. The first-order valence-corrected chi connectivity index (χ1v) is 11.8. The van der Waals surface area contributed by atoms with Gasteiger partial charge in [0.2, 0.25) is 11.8 Å². The van der Waals surface area contributed by atoms with Gasteiger partial charge in [-0.05, 0) is 87.8 Å². The lowest BCUT2D eigenvalue weighted by molar-refractivity contribution is -0.153. The Kier molecular flexibility index (Phi) is 6.85. The average molecular weight is 429 g/mol. The maximum Gasteiger partial charge on any atom is 0.229 e. The molecule has 2 aliphatic heterocycles. The number of rotatable bonds is 7. The van der Waals surface area contributed by atoms with E-state index in [1.807, 2.05) is 0 Å². The summed E-state index contributed by atoms with van der Waals surface area (Å²) >= 11 is 0. The van der Waals surface area contributed by atoms with Gasteiger partial charge in [-0.15, -0.1) is 0 Å². The number of Topliss-reactive ketones (excluding diaryl/α,β-unsaturated/α-hetero) is 1. The van der Waals surface area contributed by atoms with Crippen LogP contribution in [0, 0.1) is 17.2 Å². The van der Waals surface area contributed by atoms with Crippen LogP contribution in [0.1, 0.15) is 74.6 Å². The number of imide groups is 1. The van der Waals surface area contributed by atoms with Crippen LogP contribution < -0.4 is 0 Å². The Balaban J connectivity index is 1.15. The molecule has 1 saturated carbocycles. The summed E-state index contributed by atoms with van der Waals surface area (Å²) in [4.78, 5) is 41.5. The predicted molar refractivity (Wildman–Crippen MR) is 116 cm³/mol. The monoisotopic (exact) mass is 428 g/mol. The minimum atomic E-state index is -0.322. The summed E-state index contributed by atoms with van der Waals surface area (Å²) in [6, 6.07) is 5.82. The van der Waals surface area contributed by atoms with E-state index in [0.29, 0.717) is 24.9 Å². The van der Waals surface area contributed by atoms with Crippen LogP contribution in [0.5, 0.6) is 0 Å². The maximum absolute atomic E-state index is 13.1. The number of piperidine rings is 2. The van der Waals surface area contributed by atoms with Crippen molar-refractivity contribution < 1.29 is 18.8 Å². The quantitative estimate of drug-likeness (QED) is 0.371. The number of benzene rings is 1. The molecule has 2 saturated heterocycles. The molecule has 0 bridgehead atoms. The van der Waals surface area contributed by atoms with E-state index >= 15 is 0 Å². The Bertz CT molecular complexity index is 789. The summed E-state index contributed by atoms with van der Waals surface area (Å²) in [5.41, 5.74) is 0.565. The minimum absolute atomic E-state index is 0.00760. The van der Waals surface area contributed by atoms with Crippen molar-refractivity contribution in [3.05, 3.63) is 35.6 Å². The largest absolute Gasteiger partial charge is 0.303 e. The van der Waals surface area contributed by atoms with Crippen molar-refractivity contribution in [3.63, 3.8) is 0 Å². The van der Waals surface area contributed by atoms with Gasteiger partial charge in [0.1, 0.15) is 5.82 Å². The number of carbonyl (C=O) groups excluding carboxylic acids is 3. The van der Waals surface area contributed by atoms with Crippen molar-refractivity contribution in [2.45, 2.75) is 64.2 Å². The number of hydrogen-bond acceptors (Lipinski definition) is 4. The first-order chi connectivity index (χ1) is 15.0. The zero-order chi connectivity index (χ0) is 21.8. The molecule has 1 aromatic rings. The summed E-state index contributed by atoms with van der Waals surface area (Å²) in [5, 5.41) is 0. The molecule has 2 amide bonds. The number of amides is 2. The van der Waals surface area contributed by atoms with Crippen molar-refractivity contribution in [1.82, 2.24) is 9.80 Å². The predicted octanol–water partition coefficient (Wildman–Crippen LogP) is 4.21. The molecule has 3 aliphatic rings. The van der Waals surface area contributed by atoms with Crippen molar-refractivity contribution in [2.75, 3.05) is 26.2 Å². The van der Waals surface area contributed by atoms with Crippen LogP contribution in [-0.4, -0.2) is 53.6 Å². The fourth-order valence-corrected chi connectivity index (χ4v) is 5.64. The van der Waals surface area contributed by atoms with Crippen molar-refractivity contribution >= 4 is 17.6 Å². The van der Waals surface area contributed by atoms with Crippen LogP contribution in [0.15, 0.2) is 24.3 Å². The molecule has 0 unspecified atom stereocenters. The molecule has 1 spiro atoms. The zero-order valence-electron chi connectivity index (χ0n) is 18.3. The highest BCUT2D eigenvalue weighted by Gasteiger charge is 2.44. The number of unbranched alkanes of at least 4 members (excludes halogenated alkanes) is 1. The van der Waals surface area contributed by atoms with Crippen molar-refractivity contribution in [1.29, 1.82) is 0 Å². The second-order valence-corrected chi connectivity index (χ2v) is 9.69. The van der Waals surface area contributed by atoms with E-state index in [0.717, 1.165) is 71.0 Å². The Labute approximate surface area is 184 Å². The van der Waals surface area contributed by atoms with Gasteiger partial charge in [-0.25, -0.2) is 4.39 Å². The minimum Gasteiger partial charge on any atom is -0.303 e. The van der Waals surface area contributed by atoms with Crippen LogP contribution in [-0.2, 0) is 9.59 Å². The van der Waals surface area contributed by atoms with Gasteiger partial charge in [-0.1, -0.05) is 12.8 Å². The lowest BCUT2D eigenvalue weighted by Gasteiger charge is -2.37. The molecule has 0 radical (unpaired) electrons. The van der Waals surface area contributed by atoms with Gasteiger partial charge >= 0.3 is 0 Å². The van der Waals surface area contributed by atoms with Crippen LogP contribution in [0.3, 0.4) is 0 Å². The molecule has 0 N–H and O–H groups in total. The second kappa shape index (κ2) is 9.60. The Morgan fingerprint density at radius 1 is 0.935 bits per heavy atom. The topological polar surface area (TPSA) is 57.7 Å². The van der Waals surface area contributed by atoms with Crippen molar-refractivity contribution in [3.8, 4) is 0 Å². The first-order valence-electron chi connectivity index (χ1n) is 11.8. The van der Waals surface area contributed by atoms with E-state index in [2.05, 4.69) is 4.90 Å². The van der Waals surface area contributed by atoms with Gasteiger partial charge in [0.15, 0.2) is 5.78 Å². The standard InChI is InChI=1S/C25H33FN2O3/c26-21-7-5-19(6-8-21)24(31)20-9-15-27(16-10-20)13-3-4-14-28-22(29)17-25(18-23(28)30)11-1-2-12-25/h5-8,20H,1-4,9-18H2. The molecule has 1 aliphatic carbocycles. The summed E-state index contributed by atoms with van der Waals surface area (Å²) in [6.45, 7) is 3.22. The lowest BCUT2D eigenvalue weighted by atomic mass is 9.76.